The van der Waals surface area contributed by atoms with Crippen molar-refractivity contribution in [3.05, 3.63) is 60.2 Å². The largest absolute Gasteiger partial charge is 0.493 e. The Balaban J connectivity index is 1.32. The molecular weight excluding hydrogens is 345 g/mol. The molecule has 5 nitrogen and oxygen atoms in total. The van der Waals surface area contributed by atoms with Crippen molar-refractivity contribution in [2.45, 2.75) is 19.3 Å². The first-order chi connectivity index (χ1) is 13.2. The number of hydrogen-bond donors (Lipinski definition) is 1. The number of ether oxygens (including phenoxy) is 1. The van der Waals surface area contributed by atoms with E-state index in [9.17, 15) is 9.18 Å². The number of imidazole rings is 1. The van der Waals surface area contributed by atoms with Crippen LogP contribution in [-0.2, 0) is 11.2 Å². The predicted octanol–water partition coefficient (Wildman–Crippen LogP) is 3.56. The van der Waals surface area contributed by atoms with E-state index in [1.54, 1.807) is 12.1 Å². The van der Waals surface area contributed by atoms with Crippen molar-refractivity contribution in [3.8, 4) is 5.75 Å². The lowest BCUT2D eigenvalue weighted by atomic mass is 9.98. The minimum atomic E-state index is -0.276. The second-order valence-corrected chi connectivity index (χ2v) is 6.99. The number of halogens is 1. The average Bonchev–Trinajstić information content (AvgIpc) is 3.10. The summed E-state index contributed by atoms with van der Waals surface area (Å²) in [7, 11) is 0. The number of piperidine rings is 1. The standard InChI is InChI=1S/C21H22FN3O2/c22-16-7-9-17(10-8-16)27-14-15-4-3-11-25(13-15)21(26)12-20-23-18-5-1-2-6-19(18)24-20/h1-2,5-10,15H,3-4,11-14H2,(H,23,24)/t15-/m1/s1. The molecule has 4 rings (SSSR count). The maximum atomic E-state index is 13.0. The molecule has 2 aromatic carbocycles. The first-order valence-electron chi connectivity index (χ1n) is 9.27. The van der Waals surface area contributed by atoms with Crippen molar-refractivity contribution in [1.82, 2.24) is 14.9 Å². The highest BCUT2D eigenvalue weighted by Crippen LogP contribution is 2.20. The molecule has 0 saturated carbocycles. The van der Waals surface area contributed by atoms with Gasteiger partial charge in [-0.05, 0) is 49.2 Å². The van der Waals surface area contributed by atoms with E-state index in [4.69, 9.17) is 4.74 Å². The summed E-state index contributed by atoms with van der Waals surface area (Å²) in [5.74, 6) is 1.44. The van der Waals surface area contributed by atoms with E-state index in [0.717, 1.165) is 30.4 Å². The summed E-state index contributed by atoms with van der Waals surface area (Å²) in [6.45, 7) is 1.98. The van der Waals surface area contributed by atoms with Crippen LogP contribution in [0.3, 0.4) is 0 Å². The molecule has 1 N–H and O–H groups in total. The van der Waals surface area contributed by atoms with Gasteiger partial charge in [0.25, 0.3) is 0 Å². The van der Waals surface area contributed by atoms with Gasteiger partial charge in [-0.3, -0.25) is 4.79 Å². The third-order valence-electron chi connectivity index (χ3n) is 4.93. The smallest absolute Gasteiger partial charge is 0.230 e. The first-order valence-corrected chi connectivity index (χ1v) is 9.27. The highest BCUT2D eigenvalue weighted by molar-refractivity contribution is 5.80. The Morgan fingerprint density at radius 2 is 2.04 bits per heavy atom. The van der Waals surface area contributed by atoms with E-state index in [-0.39, 0.29) is 24.1 Å². The summed E-state index contributed by atoms with van der Waals surface area (Å²) in [6.07, 6.45) is 2.26. The van der Waals surface area contributed by atoms with Crippen molar-refractivity contribution in [3.63, 3.8) is 0 Å². The second kappa shape index (κ2) is 7.78. The number of carbonyl (C=O) groups excluding carboxylic acids is 1. The number of H-pyrrole nitrogens is 1. The zero-order valence-electron chi connectivity index (χ0n) is 15.0. The van der Waals surface area contributed by atoms with Gasteiger partial charge in [0, 0.05) is 19.0 Å². The molecule has 2 heterocycles. The van der Waals surface area contributed by atoms with Crippen LogP contribution in [0, 0.1) is 11.7 Å². The highest BCUT2D eigenvalue weighted by atomic mass is 19.1. The van der Waals surface area contributed by atoms with E-state index in [0.29, 0.717) is 24.7 Å². The molecule has 0 radical (unpaired) electrons. The number of nitrogens with one attached hydrogen (secondary N) is 1. The van der Waals surface area contributed by atoms with Gasteiger partial charge in [-0.2, -0.15) is 0 Å². The zero-order chi connectivity index (χ0) is 18.6. The van der Waals surface area contributed by atoms with Gasteiger partial charge in [-0.1, -0.05) is 12.1 Å². The number of benzene rings is 2. The van der Waals surface area contributed by atoms with Crippen LogP contribution < -0.4 is 4.74 Å². The summed E-state index contributed by atoms with van der Waals surface area (Å²) in [6, 6.07) is 13.8. The topological polar surface area (TPSA) is 58.2 Å². The Morgan fingerprint density at radius 1 is 1.22 bits per heavy atom. The van der Waals surface area contributed by atoms with Crippen LogP contribution >= 0.6 is 0 Å². The number of aromatic nitrogens is 2. The minimum Gasteiger partial charge on any atom is -0.493 e. The Bertz CT molecular complexity index is 890. The van der Waals surface area contributed by atoms with Crippen LogP contribution in [0.25, 0.3) is 11.0 Å². The van der Waals surface area contributed by atoms with Gasteiger partial charge < -0.3 is 14.6 Å². The Morgan fingerprint density at radius 3 is 2.85 bits per heavy atom. The van der Waals surface area contributed by atoms with Crippen LogP contribution in [0.4, 0.5) is 4.39 Å². The molecule has 1 atom stereocenters. The van der Waals surface area contributed by atoms with Gasteiger partial charge in [0.2, 0.25) is 5.91 Å². The van der Waals surface area contributed by atoms with Crippen LogP contribution in [0.2, 0.25) is 0 Å². The van der Waals surface area contributed by atoms with Gasteiger partial charge in [-0.15, -0.1) is 0 Å². The summed E-state index contributed by atoms with van der Waals surface area (Å²) in [5, 5.41) is 0. The minimum absolute atomic E-state index is 0.0838. The van der Waals surface area contributed by atoms with Crippen LogP contribution in [0.15, 0.2) is 48.5 Å². The fourth-order valence-electron chi connectivity index (χ4n) is 3.52. The van der Waals surface area contributed by atoms with Gasteiger partial charge in [-0.25, -0.2) is 9.37 Å². The summed E-state index contributed by atoms with van der Waals surface area (Å²) >= 11 is 0. The normalized spacial score (nSPS) is 17.2. The van der Waals surface area contributed by atoms with E-state index in [1.165, 1.54) is 12.1 Å². The Kier molecular flexibility index (Phi) is 5.05. The highest BCUT2D eigenvalue weighted by Gasteiger charge is 2.24. The number of carbonyl (C=O) groups is 1. The summed E-state index contributed by atoms with van der Waals surface area (Å²) in [4.78, 5) is 22.3. The molecule has 1 aromatic heterocycles. The number of rotatable bonds is 5. The summed E-state index contributed by atoms with van der Waals surface area (Å²) in [5.41, 5.74) is 1.83. The average molecular weight is 367 g/mol. The number of para-hydroxylation sites is 2. The quantitative estimate of drug-likeness (QED) is 0.750. The van der Waals surface area contributed by atoms with E-state index < -0.39 is 0 Å². The van der Waals surface area contributed by atoms with Gasteiger partial charge in [0.1, 0.15) is 17.4 Å². The van der Waals surface area contributed by atoms with Crippen LogP contribution in [0.5, 0.6) is 5.75 Å². The maximum absolute atomic E-state index is 13.0. The molecule has 27 heavy (non-hydrogen) atoms. The van der Waals surface area contributed by atoms with E-state index in [2.05, 4.69) is 9.97 Å². The fraction of sp³-hybridized carbons (Fsp3) is 0.333. The molecule has 1 amide bonds. The molecule has 1 aliphatic rings. The molecular formula is C21H22FN3O2. The SMILES string of the molecule is O=C(Cc1nc2ccccc2[nH]1)N1CCC[C@@H](COc2ccc(F)cc2)C1. The fourth-order valence-corrected chi connectivity index (χ4v) is 3.52. The second-order valence-electron chi connectivity index (χ2n) is 6.99. The van der Waals surface area contributed by atoms with Gasteiger partial charge >= 0.3 is 0 Å². The van der Waals surface area contributed by atoms with Crippen molar-refractivity contribution in [2.75, 3.05) is 19.7 Å². The number of aromatic amines is 1. The number of nitrogens with zero attached hydrogens (tertiary/aromatic N) is 2. The first kappa shape index (κ1) is 17.5. The molecule has 0 aliphatic carbocycles. The van der Waals surface area contributed by atoms with Crippen molar-refractivity contribution >= 4 is 16.9 Å². The molecule has 140 valence electrons. The lowest BCUT2D eigenvalue weighted by Crippen LogP contribution is -2.42. The molecule has 3 aromatic rings. The molecule has 0 spiro atoms. The third-order valence-corrected chi connectivity index (χ3v) is 4.93. The van der Waals surface area contributed by atoms with Crippen molar-refractivity contribution in [1.29, 1.82) is 0 Å². The third kappa shape index (κ3) is 4.27. The van der Waals surface area contributed by atoms with Gasteiger partial charge in [0.05, 0.1) is 24.1 Å². The van der Waals surface area contributed by atoms with E-state index >= 15 is 0 Å². The number of fused-ring (bicyclic) bond motifs is 1. The molecule has 1 saturated heterocycles. The van der Waals surface area contributed by atoms with Crippen molar-refractivity contribution in [2.24, 2.45) is 5.92 Å². The number of amides is 1. The van der Waals surface area contributed by atoms with Crippen molar-refractivity contribution < 1.29 is 13.9 Å². The lowest BCUT2D eigenvalue weighted by Gasteiger charge is -2.32. The maximum Gasteiger partial charge on any atom is 0.230 e. The van der Waals surface area contributed by atoms with Gasteiger partial charge in [0.15, 0.2) is 0 Å². The monoisotopic (exact) mass is 367 g/mol. The Labute approximate surface area is 157 Å². The number of likely N-dealkylation sites (tertiary alicyclic amines) is 1. The van der Waals surface area contributed by atoms with E-state index in [1.807, 2.05) is 29.2 Å². The molecule has 0 unspecified atom stereocenters. The summed E-state index contributed by atoms with van der Waals surface area (Å²) < 4.78 is 18.7. The predicted molar refractivity (Wildman–Crippen MR) is 101 cm³/mol. The molecule has 1 aliphatic heterocycles. The Hall–Kier alpha value is -2.89. The molecule has 0 bridgehead atoms. The lowest BCUT2D eigenvalue weighted by molar-refractivity contribution is -0.132. The molecule has 6 heteroatoms. The number of hydrogen-bond acceptors (Lipinski definition) is 3. The molecule has 1 fully saturated rings. The zero-order valence-corrected chi connectivity index (χ0v) is 15.0. The van der Waals surface area contributed by atoms with Crippen LogP contribution in [0.1, 0.15) is 18.7 Å². The van der Waals surface area contributed by atoms with Crippen LogP contribution in [-0.4, -0.2) is 40.5 Å².